The highest BCUT2D eigenvalue weighted by Gasteiger charge is 2.39. The van der Waals surface area contributed by atoms with Gasteiger partial charge >= 0.3 is 0 Å². The van der Waals surface area contributed by atoms with E-state index in [9.17, 15) is 0 Å². The maximum Gasteiger partial charge on any atom is 0.0703 e. The summed E-state index contributed by atoms with van der Waals surface area (Å²) in [6.07, 6.45) is 2.01. The molecule has 2 aromatic rings. The van der Waals surface area contributed by atoms with E-state index in [-0.39, 0.29) is 0 Å². The molecule has 17 heavy (non-hydrogen) atoms. The Labute approximate surface area is 100 Å². The molecule has 0 aliphatic carbocycles. The number of hydrogen-bond acceptors (Lipinski definition) is 3. The molecule has 3 heteroatoms. The van der Waals surface area contributed by atoms with Crippen LogP contribution in [0.5, 0.6) is 0 Å². The fourth-order valence-electron chi connectivity index (χ4n) is 2.89. The minimum absolute atomic E-state index is 0.710. The molecule has 1 N–H and O–H groups in total. The molecule has 0 unspecified atom stereocenters. The second kappa shape index (κ2) is 3.44. The Morgan fingerprint density at radius 1 is 1.24 bits per heavy atom. The zero-order chi connectivity index (χ0) is 11.2. The average molecular weight is 225 g/mol. The van der Waals surface area contributed by atoms with Crippen LogP contribution in [0.15, 0.2) is 36.5 Å². The smallest absolute Gasteiger partial charge is 0.0703 e. The first-order valence-electron chi connectivity index (χ1n) is 6.23. The summed E-state index contributed by atoms with van der Waals surface area (Å²) in [5.74, 6) is 0.849. The van der Waals surface area contributed by atoms with Crippen molar-refractivity contribution in [3.05, 3.63) is 36.5 Å². The summed E-state index contributed by atoms with van der Waals surface area (Å²) in [7, 11) is 0. The van der Waals surface area contributed by atoms with Crippen LogP contribution in [0.1, 0.15) is 0 Å². The molecule has 0 amide bonds. The lowest BCUT2D eigenvalue weighted by atomic mass is 9.96. The Bertz CT molecular complexity index is 554. The van der Waals surface area contributed by atoms with E-state index < -0.39 is 0 Å². The molecule has 2 aliphatic rings. The molecule has 86 valence electrons. The van der Waals surface area contributed by atoms with Gasteiger partial charge in [0.25, 0.3) is 0 Å². The highest BCUT2D eigenvalue weighted by molar-refractivity contribution is 5.81. The zero-order valence-corrected chi connectivity index (χ0v) is 9.63. The van der Waals surface area contributed by atoms with Crippen LogP contribution in [0.2, 0.25) is 0 Å². The molecule has 3 nitrogen and oxygen atoms in total. The summed E-state index contributed by atoms with van der Waals surface area (Å²) < 4.78 is 0. The molecule has 2 atom stereocenters. The van der Waals surface area contributed by atoms with E-state index in [2.05, 4.69) is 39.5 Å². The van der Waals surface area contributed by atoms with Gasteiger partial charge in [0.05, 0.1) is 17.4 Å². The standard InChI is InChI=1S/C14H15N3/c1-2-4-13-10(3-1)5-12(7-16-13)17-8-11-6-15-14(11)9-17/h1-5,7,11,14-15H,6,8-9H2/t11-,14+/m0/s1. The van der Waals surface area contributed by atoms with Crippen LogP contribution < -0.4 is 10.2 Å². The van der Waals surface area contributed by atoms with Crippen LogP contribution >= 0.6 is 0 Å². The molecule has 4 rings (SSSR count). The molecule has 2 fully saturated rings. The Morgan fingerprint density at radius 3 is 2.94 bits per heavy atom. The second-order valence-corrected chi connectivity index (χ2v) is 5.07. The summed E-state index contributed by atoms with van der Waals surface area (Å²) in [5.41, 5.74) is 2.34. The maximum absolute atomic E-state index is 4.53. The molecular weight excluding hydrogens is 210 g/mol. The van der Waals surface area contributed by atoms with Gasteiger partial charge in [0, 0.05) is 37.0 Å². The van der Waals surface area contributed by atoms with Gasteiger partial charge < -0.3 is 10.2 Å². The summed E-state index contributed by atoms with van der Waals surface area (Å²) in [4.78, 5) is 6.99. The van der Waals surface area contributed by atoms with Gasteiger partial charge in [-0.15, -0.1) is 0 Å². The van der Waals surface area contributed by atoms with E-state index in [1.54, 1.807) is 0 Å². The van der Waals surface area contributed by atoms with Crippen LogP contribution in [0.25, 0.3) is 10.9 Å². The van der Waals surface area contributed by atoms with Crippen LogP contribution in [0.4, 0.5) is 5.69 Å². The van der Waals surface area contributed by atoms with Crippen LogP contribution in [-0.4, -0.2) is 30.7 Å². The third kappa shape index (κ3) is 1.42. The van der Waals surface area contributed by atoms with E-state index in [4.69, 9.17) is 0 Å². The zero-order valence-electron chi connectivity index (χ0n) is 9.63. The van der Waals surface area contributed by atoms with Gasteiger partial charge in [-0.05, 0) is 12.1 Å². The summed E-state index contributed by atoms with van der Waals surface area (Å²) in [5, 5.41) is 4.72. The highest BCUT2D eigenvalue weighted by atomic mass is 15.2. The first-order valence-corrected chi connectivity index (χ1v) is 6.23. The van der Waals surface area contributed by atoms with Gasteiger partial charge in [-0.2, -0.15) is 0 Å². The normalized spacial score (nSPS) is 26.9. The van der Waals surface area contributed by atoms with Gasteiger partial charge in [0.1, 0.15) is 0 Å². The number of hydrogen-bond donors (Lipinski definition) is 1. The van der Waals surface area contributed by atoms with Gasteiger partial charge in [0.15, 0.2) is 0 Å². The van der Waals surface area contributed by atoms with E-state index in [0.29, 0.717) is 6.04 Å². The predicted octanol–water partition coefficient (Wildman–Crippen LogP) is 1.64. The van der Waals surface area contributed by atoms with Crippen molar-refractivity contribution in [3.8, 4) is 0 Å². The fourth-order valence-corrected chi connectivity index (χ4v) is 2.89. The van der Waals surface area contributed by atoms with Gasteiger partial charge in [-0.3, -0.25) is 4.98 Å². The van der Waals surface area contributed by atoms with Crippen molar-refractivity contribution in [2.75, 3.05) is 24.5 Å². The first kappa shape index (κ1) is 9.42. The SMILES string of the molecule is c1ccc2ncc(N3C[C@@H]4CN[C@@H]4C3)cc2c1. The Morgan fingerprint density at radius 2 is 2.18 bits per heavy atom. The number of rotatable bonds is 1. The lowest BCUT2D eigenvalue weighted by molar-refractivity contribution is 0.297. The third-order valence-electron chi connectivity index (χ3n) is 4.02. The van der Waals surface area contributed by atoms with Crippen LogP contribution in [0, 0.1) is 5.92 Å². The highest BCUT2D eigenvalue weighted by Crippen LogP contribution is 2.29. The minimum atomic E-state index is 0.710. The predicted molar refractivity (Wildman–Crippen MR) is 69.2 cm³/mol. The summed E-state index contributed by atoms with van der Waals surface area (Å²) >= 11 is 0. The molecule has 0 saturated carbocycles. The molecule has 0 bridgehead atoms. The van der Waals surface area contributed by atoms with Gasteiger partial charge in [0.2, 0.25) is 0 Å². The number of fused-ring (bicyclic) bond motifs is 2. The van der Waals surface area contributed by atoms with Crippen molar-refractivity contribution in [1.82, 2.24) is 10.3 Å². The summed E-state index contributed by atoms with van der Waals surface area (Å²) in [6, 6.07) is 11.3. The van der Waals surface area contributed by atoms with Crippen molar-refractivity contribution in [3.63, 3.8) is 0 Å². The number of para-hydroxylation sites is 1. The number of aromatic nitrogens is 1. The van der Waals surface area contributed by atoms with Crippen LogP contribution in [0.3, 0.4) is 0 Å². The Balaban J connectivity index is 1.71. The monoisotopic (exact) mass is 225 g/mol. The molecule has 2 aliphatic heterocycles. The van der Waals surface area contributed by atoms with Crippen molar-refractivity contribution >= 4 is 16.6 Å². The van der Waals surface area contributed by atoms with Gasteiger partial charge in [-0.25, -0.2) is 0 Å². The Kier molecular flexibility index (Phi) is 1.91. The molecule has 0 spiro atoms. The quantitative estimate of drug-likeness (QED) is 0.799. The molecule has 1 aromatic carbocycles. The first-order chi connectivity index (χ1) is 8.40. The number of pyridine rings is 1. The van der Waals surface area contributed by atoms with E-state index in [1.807, 2.05) is 12.3 Å². The van der Waals surface area contributed by atoms with E-state index in [0.717, 1.165) is 18.0 Å². The fraction of sp³-hybridized carbons (Fsp3) is 0.357. The molecule has 3 heterocycles. The number of nitrogens with zero attached hydrogens (tertiary/aromatic N) is 2. The van der Waals surface area contributed by atoms with E-state index in [1.165, 1.54) is 24.2 Å². The lowest BCUT2D eigenvalue weighted by Crippen LogP contribution is -2.51. The topological polar surface area (TPSA) is 28.2 Å². The molecule has 2 saturated heterocycles. The van der Waals surface area contributed by atoms with E-state index >= 15 is 0 Å². The lowest BCUT2D eigenvalue weighted by Gasteiger charge is -2.29. The second-order valence-electron chi connectivity index (χ2n) is 5.07. The van der Waals surface area contributed by atoms with Gasteiger partial charge in [-0.1, -0.05) is 18.2 Å². The van der Waals surface area contributed by atoms with Crippen molar-refractivity contribution in [2.45, 2.75) is 6.04 Å². The molecule has 1 aromatic heterocycles. The molecule has 0 radical (unpaired) electrons. The summed E-state index contributed by atoms with van der Waals surface area (Å²) in [6.45, 7) is 3.49. The van der Waals surface area contributed by atoms with Crippen molar-refractivity contribution < 1.29 is 0 Å². The maximum atomic E-state index is 4.53. The van der Waals surface area contributed by atoms with Crippen molar-refractivity contribution in [2.24, 2.45) is 5.92 Å². The number of nitrogens with one attached hydrogen (secondary N) is 1. The largest absolute Gasteiger partial charge is 0.368 e. The number of benzene rings is 1. The Hall–Kier alpha value is -1.61. The third-order valence-corrected chi connectivity index (χ3v) is 4.02. The minimum Gasteiger partial charge on any atom is -0.368 e. The van der Waals surface area contributed by atoms with Crippen LogP contribution in [-0.2, 0) is 0 Å². The van der Waals surface area contributed by atoms with Crippen molar-refractivity contribution in [1.29, 1.82) is 0 Å². The average Bonchev–Trinajstić information content (AvgIpc) is 2.65. The molecular formula is C14H15N3. The number of anilines is 1.